The minimum atomic E-state index is -0.781. The SMILES string of the molecule is Cc1ccc(Oc2c(F)cccc2[C@H](C)O)c(C)c1. The second-order valence-electron chi connectivity index (χ2n) is 4.71. The summed E-state index contributed by atoms with van der Waals surface area (Å²) in [6.45, 7) is 5.48. The highest BCUT2D eigenvalue weighted by Gasteiger charge is 2.15. The van der Waals surface area contributed by atoms with Crippen LogP contribution in [0.2, 0.25) is 0 Å². The number of halogens is 1. The van der Waals surface area contributed by atoms with E-state index in [1.54, 1.807) is 19.1 Å². The molecule has 0 radical (unpaired) electrons. The number of ether oxygens (including phenoxy) is 1. The van der Waals surface area contributed by atoms with Crippen molar-refractivity contribution in [3.8, 4) is 11.5 Å². The van der Waals surface area contributed by atoms with Crippen LogP contribution in [0.1, 0.15) is 29.7 Å². The number of benzene rings is 2. The minimum Gasteiger partial charge on any atom is -0.454 e. The number of hydrogen-bond acceptors (Lipinski definition) is 2. The molecule has 2 aromatic rings. The van der Waals surface area contributed by atoms with Gasteiger partial charge in [0.2, 0.25) is 0 Å². The lowest BCUT2D eigenvalue weighted by atomic mass is 10.1. The number of aliphatic hydroxyl groups excluding tert-OH is 1. The minimum absolute atomic E-state index is 0.0875. The smallest absolute Gasteiger partial charge is 0.168 e. The van der Waals surface area contributed by atoms with Crippen molar-refractivity contribution < 1.29 is 14.2 Å². The molecule has 0 aliphatic carbocycles. The third-order valence-corrected chi connectivity index (χ3v) is 2.99. The van der Waals surface area contributed by atoms with E-state index in [1.807, 2.05) is 32.0 Å². The summed E-state index contributed by atoms with van der Waals surface area (Å²) in [5, 5.41) is 9.67. The molecule has 2 nitrogen and oxygen atoms in total. The van der Waals surface area contributed by atoms with Gasteiger partial charge < -0.3 is 9.84 Å². The van der Waals surface area contributed by atoms with E-state index in [2.05, 4.69) is 0 Å². The predicted molar refractivity (Wildman–Crippen MR) is 73.0 cm³/mol. The van der Waals surface area contributed by atoms with Gasteiger partial charge in [-0.25, -0.2) is 4.39 Å². The van der Waals surface area contributed by atoms with Gasteiger partial charge in [-0.3, -0.25) is 0 Å². The molecule has 0 aromatic heterocycles. The summed E-state index contributed by atoms with van der Waals surface area (Å²) < 4.78 is 19.5. The van der Waals surface area contributed by atoms with Gasteiger partial charge in [-0.2, -0.15) is 0 Å². The van der Waals surface area contributed by atoms with E-state index in [0.717, 1.165) is 11.1 Å². The number of aryl methyl sites for hydroxylation is 2. The lowest BCUT2D eigenvalue weighted by molar-refractivity contribution is 0.194. The summed E-state index contributed by atoms with van der Waals surface area (Å²) in [6.07, 6.45) is -0.781. The Kier molecular flexibility index (Phi) is 3.86. The van der Waals surface area contributed by atoms with Crippen LogP contribution in [0.15, 0.2) is 36.4 Å². The van der Waals surface area contributed by atoms with Gasteiger partial charge in [-0.05, 0) is 38.5 Å². The van der Waals surface area contributed by atoms with Gasteiger partial charge in [0.25, 0.3) is 0 Å². The van der Waals surface area contributed by atoms with E-state index in [1.165, 1.54) is 6.07 Å². The fourth-order valence-electron chi connectivity index (χ4n) is 1.99. The van der Waals surface area contributed by atoms with Crippen LogP contribution >= 0.6 is 0 Å². The van der Waals surface area contributed by atoms with Crippen molar-refractivity contribution in [3.63, 3.8) is 0 Å². The molecule has 0 aliphatic rings. The summed E-state index contributed by atoms with van der Waals surface area (Å²) in [6, 6.07) is 10.2. The highest BCUT2D eigenvalue weighted by molar-refractivity contribution is 5.43. The highest BCUT2D eigenvalue weighted by Crippen LogP contribution is 2.33. The zero-order valence-corrected chi connectivity index (χ0v) is 11.3. The number of aliphatic hydroxyl groups is 1. The van der Waals surface area contributed by atoms with E-state index in [4.69, 9.17) is 4.74 Å². The van der Waals surface area contributed by atoms with Gasteiger partial charge >= 0.3 is 0 Å². The molecule has 2 rings (SSSR count). The monoisotopic (exact) mass is 260 g/mol. The standard InChI is InChI=1S/C16H17FO2/c1-10-7-8-15(11(2)9-10)19-16-13(12(3)18)5-4-6-14(16)17/h4-9,12,18H,1-3H3/t12-/m0/s1. The first-order valence-corrected chi connectivity index (χ1v) is 6.20. The molecule has 2 aromatic carbocycles. The molecule has 0 saturated carbocycles. The fraction of sp³-hybridized carbons (Fsp3) is 0.250. The van der Waals surface area contributed by atoms with Gasteiger partial charge in [-0.15, -0.1) is 0 Å². The van der Waals surface area contributed by atoms with Crippen molar-refractivity contribution in [2.45, 2.75) is 26.9 Å². The number of rotatable bonds is 3. The van der Waals surface area contributed by atoms with Gasteiger partial charge in [0.05, 0.1) is 6.10 Å². The lowest BCUT2D eigenvalue weighted by Crippen LogP contribution is -1.99. The molecule has 1 N–H and O–H groups in total. The molecule has 1 atom stereocenters. The summed E-state index contributed by atoms with van der Waals surface area (Å²) in [5.41, 5.74) is 2.49. The molecule has 0 heterocycles. The molecule has 0 unspecified atom stereocenters. The second-order valence-corrected chi connectivity index (χ2v) is 4.71. The van der Waals surface area contributed by atoms with E-state index in [9.17, 15) is 9.50 Å². The molecule has 0 aliphatic heterocycles. The predicted octanol–water partition coefficient (Wildman–Crippen LogP) is 4.29. The third kappa shape index (κ3) is 2.93. The lowest BCUT2D eigenvalue weighted by Gasteiger charge is -2.15. The Labute approximate surface area is 112 Å². The van der Waals surface area contributed by atoms with Crippen molar-refractivity contribution in [3.05, 3.63) is 58.9 Å². The largest absolute Gasteiger partial charge is 0.454 e. The first-order chi connectivity index (χ1) is 8.99. The van der Waals surface area contributed by atoms with Crippen LogP contribution in [-0.2, 0) is 0 Å². The molecule has 100 valence electrons. The van der Waals surface area contributed by atoms with Crippen molar-refractivity contribution in [2.75, 3.05) is 0 Å². The first kappa shape index (κ1) is 13.6. The van der Waals surface area contributed by atoms with E-state index < -0.39 is 11.9 Å². The molecule has 0 fully saturated rings. The zero-order valence-electron chi connectivity index (χ0n) is 11.3. The van der Waals surface area contributed by atoms with Gasteiger partial charge in [0.15, 0.2) is 11.6 Å². The van der Waals surface area contributed by atoms with Crippen LogP contribution in [0.5, 0.6) is 11.5 Å². The van der Waals surface area contributed by atoms with Gasteiger partial charge in [-0.1, -0.05) is 29.8 Å². The van der Waals surface area contributed by atoms with E-state index >= 15 is 0 Å². The normalized spacial score (nSPS) is 12.3. The van der Waals surface area contributed by atoms with Crippen molar-refractivity contribution in [2.24, 2.45) is 0 Å². The first-order valence-electron chi connectivity index (χ1n) is 6.20. The highest BCUT2D eigenvalue weighted by atomic mass is 19.1. The maximum atomic E-state index is 13.9. The maximum Gasteiger partial charge on any atom is 0.168 e. The van der Waals surface area contributed by atoms with E-state index in [-0.39, 0.29) is 5.75 Å². The van der Waals surface area contributed by atoms with Crippen LogP contribution in [0, 0.1) is 19.7 Å². The van der Waals surface area contributed by atoms with Crippen LogP contribution < -0.4 is 4.74 Å². The average Bonchev–Trinajstić information content (AvgIpc) is 2.34. The number of hydrogen-bond donors (Lipinski definition) is 1. The van der Waals surface area contributed by atoms with Gasteiger partial charge in [0.1, 0.15) is 5.75 Å². The summed E-state index contributed by atoms with van der Waals surface area (Å²) in [5.74, 6) is 0.209. The molecule has 0 saturated heterocycles. The Morgan fingerprint density at radius 2 is 1.89 bits per heavy atom. The Balaban J connectivity index is 2.43. The maximum absolute atomic E-state index is 13.9. The summed E-state index contributed by atoms with van der Waals surface area (Å²) >= 11 is 0. The van der Waals surface area contributed by atoms with Crippen LogP contribution in [0.3, 0.4) is 0 Å². The quantitative estimate of drug-likeness (QED) is 0.892. The van der Waals surface area contributed by atoms with Crippen LogP contribution in [0.25, 0.3) is 0 Å². The molecule has 0 spiro atoms. The van der Waals surface area contributed by atoms with Crippen molar-refractivity contribution in [1.29, 1.82) is 0 Å². The summed E-state index contributed by atoms with van der Waals surface area (Å²) in [4.78, 5) is 0. The second kappa shape index (κ2) is 5.41. The molecule has 0 bridgehead atoms. The molecular formula is C16H17FO2. The van der Waals surface area contributed by atoms with Crippen LogP contribution in [-0.4, -0.2) is 5.11 Å². The van der Waals surface area contributed by atoms with Gasteiger partial charge in [0, 0.05) is 5.56 Å². The Bertz CT molecular complexity index is 591. The molecule has 3 heteroatoms. The summed E-state index contributed by atoms with van der Waals surface area (Å²) in [7, 11) is 0. The topological polar surface area (TPSA) is 29.5 Å². The average molecular weight is 260 g/mol. The Morgan fingerprint density at radius 3 is 2.53 bits per heavy atom. The fourth-order valence-corrected chi connectivity index (χ4v) is 1.99. The molecule has 19 heavy (non-hydrogen) atoms. The Hall–Kier alpha value is -1.87. The van der Waals surface area contributed by atoms with Crippen LogP contribution in [0.4, 0.5) is 4.39 Å². The zero-order chi connectivity index (χ0) is 14.0. The number of para-hydroxylation sites is 1. The van der Waals surface area contributed by atoms with Crippen molar-refractivity contribution in [1.82, 2.24) is 0 Å². The molecular weight excluding hydrogens is 243 g/mol. The third-order valence-electron chi connectivity index (χ3n) is 2.99. The molecule has 0 amide bonds. The van der Waals surface area contributed by atoms with E-state index in [0.29, 0.717) is 11.3 Å². The Morgan fingerprint density at radius 1 is 1.16 bits per heavy atom. The van der Waals surface area contributed by atoms with Crippen molar-refractivity contribution >= 4 is 0 Å².